The second kappa shape index (κ2) is 10.1. The third kappa shape index (κ3) is 4.92. The first kappa shape index (κ1) is 26.3. The first-order valence-corrected chi connectivity index (χ1v) is 14.6. The van der Waals surface area contributed by atoms with Crippen molar-refractivity contribution in [3.63, 3.8) is 0 Å². The number of carbonyl (C=O) groups is 1. The molecule has 2 aliphatic rings. The second-order valence-corrected chi connectivity index (χ2v) is 12.5. The lowest BCUT2D eigenvalue weighted by atomic mass is 9.91. The first-order chi connectivity index (χ1) is 18.1. The van der Waals surface area contributed by atoms with E-state index in [1.54, 1.807) is 36.4 Å². The number of hydroxylamine groups is 2. The molecule has 0 spiro atoms. The fourth-order valence-electron chi connectivity index (χ4n) is 5.73. The van der Waals surface area contributed by atoms with Crippen LogP contribution in [0.1, 0.15) is 36.8 Å². The van der Waals surface area contributed by atoms with Crippen molar-refractivity contribution in [2.45, 2.75) is 55.1 Å². The Morgan fingerprint density at radius 3 is 2.50 bits per heavy atom. The van der Waals surface area contributed by atoms with E-state index in [-0.39, 0.29) is 47.4 Å². The Morgan fingerprint density at radius 2 is 1.76 bits per heavy atom. The van der Waals surface area contributed by atoms with Gasteiger partial charge in [-0.05, 0) is 37.1 Å². The van der Waals surface area contributed by atoms with Gasteiger partial charge < -0.3 is 26.6 Å². The molecule has 1 aliphatic heterocycles. The smallest absolute Gasteiger partial charge is 0.279 e. The van der Waals surface area contributed by atoms with Crippen LogP contribution in [0.3, 0.4) is 0 Å². The quantitative estimate of drug-likeness (QED) is 0.157. The summed E-state index contributed by atoms with van der Waals surface area (Å²) in [7, 11) is -3.85. The van der Waals surface area contributed by atoms with Gasteiger partial charge in [0.2, 0.25) is 0 Å². The number of benzene rings is 3. The standard InChI is InChI=1S/C28H33N5O4S/c29-21-10-12-22(13-11-21)32-28(34)25-16-19-8-9-20(27(30)31)17-24(19)33(25,35)14-15-38(36,37)26-7-3-5-18-4-1-2-6-23(18)26/h1-9,17,21-22,25H,10-16,29H2,(H3,30,31)(H,32,34). The topological polar surface area (TPSA) is 162 Å². The molecule has 200 valence electrons. The van der Waals surface area contributed by atoms with Crippen LogP contribution in [0.5, 0.6) is 0 Å². The summed E-state index contributed by atoms with van der Waals surface area (Å²) in [6, 6.07) is 16.2. The average Bonchev–Trinajstić information content (AvgIpc) is 3.20. The number of rotatable bonds is 7. The maximum Gasteiger partial charge on any atom is 0.279 e. The molecule has 3 aromatic carbocycles. The van der Waals surface area contributed by atoms with E-state index in [2.05, 4.69) is 5.32 Å². The van der Waals surface area contributed by atoms with Gasteiger partial charge in [-0.3, -0.25) is 10.2 Å². The molecule has 38 heavy (non-hydrogen) atoms. The molecule has 5 rings (SSSR count). The van der Waals surface area contributed by atoms with Crippen LogP contribution in [0.4, 0.5) is 5.69 Å². The minimum absolute atomic E-state index is 0.0633. The Labute approximate surface area is 222 Å². The Kier molecular flexibility index (Phi) is 6.99. The predicted octanol–water partition coefficient (Wildman–Crippen LogP) is 2.71. The molecule has 3 aromatic rings. The molecule has 0 bridgehead atoms. The monoisotopic (exact) mass is 535 g/mol. The molecule has 6 N–H and O–H groups in total. The van der Waals surface area contributed by atoms with Gasteiger partial charge in [0.25, 0.3) is 5.91 Å². The third-order valence-electron chi connectivity index (χ3n) is 7.92. The van der Waals surface area contributed by atoms with Crippen LogP contribution in [0, 0.1) is 10.6 Å². The van der Waals surface area contributed by atoms with E-state index in [4.69, 9.17) is 16.9 Å². The Hall–Kier alpha value is -3.31. The fourth-order valence-corrected chi connectivity index (χ4v) is 7.27. The second-order valence-electron chi connectivity index (χ2n) is 10.4. The first-order valence-electron chi connectivity index (χ1n) is 12.9. The number of carbonyl (C=O) groups excluding carboxylic acids is 1. The number of hydrogen-bond acceptors (Lipinski definition) is 6. The summed E-state index contributed by atoms with van der Waals surface area (Å²) in [6.07, 6.45) is 3.28. The minimum Gasteiger partial charge on any atom is -0.627 e. The predicted molar refractivity (Wildman–Crippen MR) is 149 cm³/mol. The molecule has 1 aliphatic carbocycles. The minimum atomic E-state index is -3.85. The van der Waals surface area contributed by atoms with Gasteiger partial charge in [-0.25, -0.2) is 8.42 Å². The van der Waals surface area contributed by atoms with E-state index in [1.807, 2.05) is 18.2 Å². The van der Waals surface area contributed by atoms with Crippen LogP contribution in [-0.2, 0) is 21.1 Å². The lowest BCUT2D eigenvalue weighted by molar-refractivity contribution is -0.125. The molecule has 1 saturated carbocycles. The zero-order chi connectivity index (χ0) is 27.1. The molecule has 2 unspecified atom stereocenters. The van der Waals surface area contributed by atoms with Gasteiger partial charge in [0, 0.05) is 41.1 Å². The van der Waals surface area contributed by atoms with Crippen LogP contribution >= 0.6 is 0 Å². The molecule has 0 saturated heterocycles. The number of nitrogens with two attached hydrogens (primary N) is 2. The Morgan fingerprint density at radius 1 is 1.05 bits per heavy atom. The van der Waals surface area contributed by atoms with Gasteiger partial charge in [-0.15, -0.1) is 0 Å². The zero-order valence-corrected chi connectivity index (χ0v) is 21.9. The lowest BCUT2D eigenvalue weighted by Crippen LogP contribution is -2.59. The molecular formula is C28H33N5O4S. The maximum absolute atomic E-state index is 14.6. The van der Waals surface area contributed by atoms with E-state index in [0.717, 1.165) is 31.1 Å². The van der Waals surface area contributed by atoms with Crippen LogP contribution in [0.2, 0.25) is 0 Å². The van der Waals surface area contributed by atoms with Gasteiger partial charge in [0.1, 0.15) is 17.3 Å². The van der Waals surface area contributed by atoms with Gasteiger partial charge in [0.15, 0.2) is 15.9 Å². The third-order valence-corrected chi connectivity index (χ3v) is 9.66. The summed E-state index contributed by atoms with van der Waals surface area (Å²) in [5, 5.41) is 26.8. The van der Waals surface area contributed by atoms with E-state index in [9.17, 15) is 18.4 Å². The van der Waals surface area contributed by atoms with Crippen LogP contribution in [0.25, 0.3) is 10.8 Å². The summed E-state index contributed by atoms with van der Waals surface area (Å²) in [5.74, 6) is -1.02. The van der Waals surface area contributed by atoms with Crippen LogP contribution < -0.4 is 21.4 Å². The SMILES string of the molecule is N=C(N)c1ccc2c(c1)[N+]([O-])(CCS(=O)(=O)c1cccc3ccccc13)C(C(=O)NC1CCC(N)CC1)C2. The number of hydrogen-bond donors (Lipinski definition) is 4. The van der Waals surface area contributed by atoms with Crippen molar-refractivity contribution in [3.05, 3.63) is 77.0 Å². The number of fused-ring (bicyclic) bond motifs is 2. The number of sulfone groups is 1. The summed E-state index contributed by atoms with van der Waals surface area (Å²) in [5.41, 5.74) is 13.0. The molecular weight excluding hydrogens is 502 g/mol. The van der Waals surface area contributed by atoms with Gasteiger partial charge in [-0.1, -0.05) is 48.5 Å². The number of amidine groups is 1. The number of nitrogens with one attached hydrogen (secondary N) is 2. The highest BCUT2D eigenvalue weighted by Crippen LogP contribution is 2.40. The molecule has 9 nitrogen and oxygen atoms in total. The summed E-state index contributed by atoms with van der Waals surface area (Å²) in [6.45, 7) is -0.340. The molecule has 2 atom stereocenters. The lowest BCUT2D eigenvalue weighted by Gasteiger charge is -2.44. The summed E-state index contributed by atoms with van der Waals surface area (Å²) < 4.78 is 26.0. The van der Waals surface area contributed by atoms with Crippen LogP contribution in [0.15, 0.2) is 65.6 Å². The maximum atomic E-state index is 14.6. The van der Waals surface area contributed by atoms with Gasteiger partial charge in [-0.2, -0.15) is 0 Å². The Balaban J connectivity index is 1.46. The summed E-state index contributed by atoms with van der Waals surface area (Å²) in [4.78, 5) is 13.7. The fraction of sp³-hybridized carbons (Fsp3) is 0.357. The van der Waals surface area contributed by atoms with Crippen molar-refractivity contribution < 1.29 is 13.2 Å². The largest absolute Gasteiger partial charge is 0.627 e. The molecule has 1 fully saturated rings. The van der Waals surface area contributed by atoms with E-state index in [1.165, 1.54) is 6.07 Å². The number of quaternary nitrogens is 1. The highest BCUT2D eigenvalue weighted by Gasteiger charge is 2.46. The van der Waals surface area contributed by atoms with Gasteiger partial charge >= 0.3 is 0 Å². The van der Waals surface area contributed by atoms with E-state index >= 15 is 0 Å². The molecule has 1 heterocycles. The van der Waals surface area contributed by atoms with Crippen LogP contribution in [-0.4, -0.2) is 50.6 Å². The van der Waals surface area contributed by atoms with E-state index < -0.39 is 26.3 Å². The molecule has 0 radical (unpaired) electrons. The molecule has 0 aromatic heterocycles. The van der Waals surface area contributed by atoms with E-state index in [0.29, 0.717) is 16.5 Å². The normalized spacial score (nSPS) is 25.2. The Bertz CT molecular complexity index is 1490. The molecule has 1 amide bonds. The van der Waals surface area contributed by atoms with Crippen molar-refractivity contribution in [2.24, 2.45) is 11.5 Å². The molecule has 10 heteroatoms. The number of nitrogens with zero attached hydrogens (tertiary/aromatic N) is 1. The average molecular weight is 536 g/mol. The van der Waals surface area contributed by atoms with Gasteiger partial charge in [0.05, 0.1) is 11.4 Å². The number of nitrogen functional groups attached to an aromatic ring is 1. The highest BCUT2D eigenvalue weighted by atomic mass is 32.2. The van der Waals surface area contributed by atoms with Crippen molar-refractivity contribution in [2.75, 3.05) is 12.3 Å². The zero-order valence-electron chi connectivity index (χ0n) is 21.1. The van der Waals surface area contributed by atoms with Crippen molar-refractivity contribution in [1.29, 1.82) is 5.41 Å². The summed E-state index contributed by atoms with van der Waals surface area (Å²) >= 11 is 0. The van der Waals surface area contributed by atoms with Crippen molar-refractivity contribution in [3.8, 4) is 0 Å². The van der Waals surface area contributed by atoms with Crippen molar-refractivity contribution in [1.82, 2.24) is 9.96 Å². The van der Waals surface area contributed by atoms with Crippen molar-refractivity contribution >= 4 is 38.0 Å². The highest BCUT2D eigenvalue weighted by molar-refractivity contribution is 7.91. The number of amides is 1.